The predicted octanol–water partition coefficient (Wildman–Crippen LogP) is 1.48. The first kappa shape index (κ1) is 13.1. The van der Waals surface area contributed by atoms with E-state index in [2.05, 4.69) is 22.1 Å². The first-order valence-corrected chi connectivity index (χ1v) is 7.55. The Bertz CT molecular complexity index is 512. The molecule has 0 aliphatic heterocycles. The van der Waals surface area contributed by atoms with Crippen molar-refractivity contribution in [3.8, 4) is 0 Å². The Labute approximate surface area is 113 Å². The minimum atomic E-state index is -0.878. The molecule has 0 aliphatic carbocycles. The third-order valence-corrected chi connectivity index (χ3v) is 4.32. The van der Waals surface area contributed by atoms with Gasteiger partial charge in [-0.1, -0.05) is 0 Å². The third-order valence-electron chi connectivity index (χ3n) is 2.46. The summed E-state index contributed by atoms with van der Waals surface area (Å²) in [5.41, 5.74) is -0.0131. The Morgan fingerprint density at radius 2 is 2.06 bits per heavy atom. The molecular weight excluding hydrogens is 291 g/mol. The van der Waals surface area contributed by atoms with Crippen LogP contribution in [0.3, 0.4) is 0 Å². The van der Waals surface area contributed by atoms with Crippen LogP contribution >= 0.6 is 0 Å². The van der Waals surface area contributed by atoms with Crippen LogP contribution < -0.4 is 4.46 Å². The van der Waals surface area contributed by atoms with Gasteiger partial charge in [0.2, 0.25) is 0 Å². The van der Waals surface area contributed by atoms with Crippen LogP contribution in [0.5, 0.6) is 0 Å². The summed E-state index contributed by atoms with van der Waals surface area (Å²) in [6.07, 6.45) is 5.28. The number of benzene rings is 1. The van der Waals surface area contributed by atoms with Gasteiger partial charge in [-0.3, -0.25) is 0 Å². The second-order valence-corrected chi connectivity index (χ2v) is 6.44. The summed E-state index contributed by atoms with van der Waals surface area (Å²) in [6, 6.07) is 10.3. The van der Waals surface area contributed by atoms with Gasteiger partial charge in [-0.15, -0.1) is 0 Å². The first-order valence-electron chi connectivity index (χ1n) is 5.70. The number of hydrogen-bond donors (Lipinski definition) is 1. The van der Waals surface area contributed by atoms with Gasteiger partial charge in [-0.25, -0.2) is 0 Å². The molecule has 0 saturated carbocycles. The molecular formula is C14H16N2OSe. The minimum absolute atomic E-state index is 0.195. The van der Waals surface area contributed by atoms with E-state index in [1.54, 1.807) is 26.4 Å². The van der Waals surface area contributed by atoms with E-state index >= 15 is 0 Å². The summed E-state index contributed by atoms with van der Waals surface area (Å²) >= 11 is 0.195. The second-order valence-electron chi connectivity index (χ2n) is 4.46. The van der Waals surface area contributed by atoms with Gasteiger partial charge in [0.05, 0.1) is 0 Å². The summed E-state index contributed by atoms with van der Waals surface area (Å²) < 4.78 is 3.15. The first-order chi connectivity index (χ1) is 8.57. The molecule has 0 saturated heterocycles. The quantitative estimate of drug-likeness (QED) is 0.869. The topological polar surface area (TPSA) is 38.0 Å². The molecule has 0 spiro atoms. The van der Waals surface area contributed by atoms with Gasteiger partial charge in [0, 0.05) is 0 Å². The zero-order valence-electron chi connectivity index (χ0n) is 10.4. The Morgan fingerprint density at radius 1 is 1.33 bits per heavy atom. The van der Waals surface area contributed by atoms with E-state index in [-0.39, 0.29) is 15.0 Å². The van der Waals surface area contributed by atoms with Crippen LogP contribution in [0, 0.1) is 0 Å². The number of aromatic nitrogens is 2. The average Bonchev–Trinajstić information content (AvgIpc) is 2.82. The van der Waals surface area contributed by atoms with Crippen molar-refractivity contribution in [2.75, 3.05) is 0 Å². The maximum absolute atomic E-state index is 10.2. The molecule has 1 heterocycles. The standard InChI is InChI=1S/C14H16N2OSe/c1-14(2,17)13(16-9-8-15-11-16)10-18-12-6-4-3-5-7-12/h3-11,17H,1-2H3/b13-10-. The van der Waals surface area contributed by atoms with Crippen molar-refractivity contribution in [1.29, 1.82) is 0 Å². The molecule has 1 aromatic carbocycles. The fourth-order valence-corrected chi connectivity index (χ4v) is 3.59. The maximum atomic E-state index is 10.2. The Hall–Kier alpha value is -1.35. The summed E-state index contributed by atoms with van der Waals surface area (Å²) in [5, 5.41) is 10.2. The molecule has 0 amide bonds. The van der Waals surface area contributed by atoms with E-state index in [1.807, 2.05) is 29.0 Å². The number of hydrogen-bond acceptors (Lipinski definition) is 2. The van der Waals surface area contributed by atoms with Crippen molar-refractivity contribution in [2.24, 2.45) is 0 Å². The third kappa shape index (κ3) is 3.33. The molecule has 0 radical (unpaired) electrons. The van der Waals surface area contributed by atoms with Crippen LogP contribution in [0.4, 0.5) is 0 Å². The number of imidazole rings is 1. The zero-order chi connectivity index (χ0) is 13.0. The summed E-state index contributed by atoms with van der Waals surface area (Å²) in [5.74, 6) is 0. The van der Waals surface area contributed by atoms with Gasteiger partial charge in [-0.2, -0.15) is 0 Å². The van der Waals surface area contributed by atoms with Gasteiger partial charge < -0.3 is 0 Å². The van der Waals surface area contributed by atoms with Gasteiger partial charge >= 0.3 is 113 Å². The number of aliphatic hydroxyl groups is 1. The molecule has 0 bridgehead atoms. The van der Waals surface area contributed by atoms with Crippen LogP contribution in [-0.2, 0) is 0 Å². The van der Waals surface area contributed by atoms with Crippen LogP contribution in [0.1, 0.15) is 13.8 Å². The molecule has 0 atom stereocenters. The predicted molar refractivity (Wildman–Crippen MR) is 74.6 cm³/mol. The molecule has 4 heteroatoms. The van der Waals surface area contributed by atoms with Gasteiger partial charge in [0.25, 0.3) is 0 Å². The number of nitrogens with zero attached hydrogens (tertiary/aromatic N) is 2. The monoisotopic (exact) mass is 308 g/mol. The molecule has 0 unspecified atom stereocenters. The molecule has 94 valence electrons. The fourth-order valence-electron chi connectivity index (χ4n) is 1.55. The molecule has 1 aromatic heterocycles. The van der Waals surface area contributed by atoms with Gasteiger partial charge in [0.15, 0.2) is 0 Å². The molecule has 3 nitrogen and oxygen atoms in total. The van der Waals surface area contributed by atoms with Crippen LogP contribution in [0.2, 0.25) is 0 Å². The van der Waals surface area contributed by atoms with Crippen LogP contribution in [0.15, 0.2) is 54.0 Å². The van der Waals surface area contributed by atoms with E-state index in [9.17, 15) is 5.11 Å². The zero-order valence-corrected chi connectivity index (χ0v) is 12.2. The van der Waals surface area contributed by atoms with Gasteiger partial charge in [-0.05, 0) is 0 Å². The molecule has 1 N–H and O–H groups in total. The van der Waals surface area contributed by atoms with Crippen molar-refractivity contribution in [2.45, 2.75) is 19.4 Å². The van der Waals surface area contributed by atoms with Crippen LogP contribution in [0.25, 0.3) is 5.70 Å². The summed E-state index contributed by atoms with van der Waals surface area (Å²) in [7, 11) is 0. The average molecular weight is 307 g/mol. The van der Waals surface area contributed by atoms with E-state index in [4.69, 9.17) is 0 Å². The van der Waals surface area contributed by atoms with Gasteiger partial charge in [0.1, 0.15) is 0 Å². The van der Waals surface area contributed by atoms with Crippen LogP contribution in [-0.4, -0.2) is 35.2 Å². The molecule has 0 fully saturated rings. The Kier molecular flexibility index (Phi) is 4.02. The van der Waals surface area contributed by atoms with E-state index in [0.717, 1.165) is 5.70 Å². The fraction of sp³-hybridized carbons (Fsp3) is 0.214. The van der Waals surface area contributed by atoms with E-state index in [1.165, 1.54) is 4.46 Å². The van der Waals surface area contributed by atoms with Crippen molar-refractivity contribution in [3.05, 3.63) is 54.0 Å². The molecule has 18 heavy (non-hydrogen) atoms. The molecule has 2 aromatic rings. The number of rotatable bonds is 4. The van der Waals surface area contributed by atoms with E-state index < -0.39 is 5.60 Å². The normalized spacial score (nSPS) is 12.7. The SMILES string of the molecule is CC(C)(O)/C(=C/[Se]c1ccccc1)n1ccnc1. The summed E-state index contributed by atoms with van der Waals surface area (Å²) in [6.45, 7) is 3.58. The Balaban J connectivity index is 2.25. The summed E-state index contributed by atoms with van der Waals surface area (Å²) in [4.78, 5) is 6.13. The van der Waals surface area contributed by atoms with E-state index in [0.29, 0.717) is 0 Å². The van der Waals surface area contributed by atoms with Crippen molar-refractivity contribution in [3.63, 3.8) is 0 Å². The molecule has 2 rings (SSSR count). The second kappa shape index (κ2) is 5.53. The Morgan fingerprint density at radius 3 is 2.61 bits per heavy atom. The van der Waals surface area contributed by atoms with Crippen molar-refractivity contribution >= 4 is 25.1 Å². The van der Waals surface area contributed by atoms with Crippen molar-refractivity contribution in [1.82, 2.24) is 9.55 Å². The van der Waals surface area contributed by atoms with Crippen molar-refractivity contribution < 1.29 is 5.11 Å². The molecule has 0 aliphatic rings.